The van der Waals surface area contributed by atoms with Crippen LogP contribution in [0.4, 0.5) is 8.78 Å². The predicted octanol–water partition coefficient (Wildman–Crippen LogP) is 4.38. The first-order chi connectivity index (χ1) is 9.94. The third kappa shape index (κ3) is 4.88. The van der Waals surface area contributed by atoms with E-state index in [2.05, 4.69) is 0 Å². The molecule has 1 aromatic carbocycles. The highest BCUT2D eigenvalue weighted by atomic mass is 35.5. The second kappa shape index (κ2) is 7.11. The predicted molar refractivity (Wildman–Crippen MR) is 81.0 cm³/mol. The van der Waals surface area contributed by atoms with Crippen LogP contribution < -0.4 is 0 Å². The summed E-state index contributed by atoms with van der Waals surface area (Å²) in [6.07, 6.45) is 0.207. The lowest BCUT2D eigenvalue weighted by Gasteiger charge is -2.14. The Morgan fingerprint density at radius 1 is 1.24 bits per heavy atom. The van der Waals surface area contributed by atoms with Gasteiger partial charge in [-0.3, -0.25) is 4.79 Å². The molecular formula is C15H14ClF2NOS. The van der Waals surface area contributed by atoms with E-state index in [1.54, 1.807) is 0 Å². The van der Waals surface area contributed by atoms with Crippen molar-refractivity contribution < 1.29 is 13.6 Å². The highest BCUT2D eigenvalue weighted by Gasteiger charge is 2.11. The molecule has 2 nitrogen and oxygen atoms in total. The molecule has 2 aromatic rings. The van der Waals surface area contributed by atoms with Crippen molar-refractivity contribution in [3.63, 3.8) is 0 Å². The molecule has 0 saturated carbocycles. The molecule has 0 amide bonds. The normalized spacial score (nSPS) is 11.1. The summed E-state index contributed by atoms with van der Waals surface area (Å²) in [5, 5.41) is 0. The Labute approximate surface area is 131 Å². The molecule has 0 bridgehead atoms. The minimum absolute atomic E-state index is 0.0695. The van der Waals surface area contributed by atoms with E-state index in [-0.39, 0.29) is 17.8 Å². The van der Waals surface area contributed by atoms with Gasteiger partial charge in [-0.25, -0.2) is 8.78 Å². The highest BCUT2D eigenvalue weighted by Crippen LogP contribution is 2.22. The molecule has 0 atom stereocenters. The summed E-state index contributed by atoms with van der Waals surface area (Å²) in [5.74, 6) is -1.75. The molecule has 1 aromatic heterocycles. The summed E-state index contributed by atoms with van der Waals surface area (Å²) in [6.45, 7) is 1.19. The van der Waals surface area contributed by atoms with Crippen LogP contribution in [0.1, 0.15) is 21.7 Å². The largest absolute Gasteiger partial charge is 0.301 e. The number of benzene rings is 1. The summed E-state index contributed by atoms with van der Waals surface area (Å²) in [4.78, 5) is 15.0. The third-order valence-corrected chi connectivity index (χ3v) is 4.18. The van der Waals surface area contributed by atoms with Crippen LogP contribution in [0.3, 0.4) is 0 Å². The summed E-state index contributed by atoms with van der Waals surface area (Å²) in [6, 6.07) is 6.64. The first kappa shape index (κ1) is 16.1. The Hall–Kier alpha value is -1.30. The molecule has 0 fully saturated rings. The molecule has 112 valence electrons. The molecule has 1 heterocycles. The average Bonchev–Trinajstić information content (AvgIpc) is 2.80. The van der Waals surface area contributed by atoms with Crippen LogP contribution in [0.5, 0.6) is 0 Å². The maximum atomic E-state index is 13.1. The van der Waals surface area contributed by atoms with Crippen LogP contribution in [0.2, 0.25) is 4.34 Å². The van der Waals surface area contributed by atoms with Crippen LogP contribution in [0, 0.1) is 11.6 Å². The first-order valence-electron chi connectivity index (χ1n) is 6.36. The Morgan fingerprint density at radius 3 is 2.48 bits per heavy atom. The van der Waals surface area contributed by atoms with Gasteiger partial charge >= 0.3 is 0 Å². The number of ketones is 1. The lowest BCUT2D eigenvalue weighted by Crippen LogP contribution is -2.21. The van der Waals surface area contributed by atoms with Gasteiger partial charge in [-0.05, 0) is 31.3 Å². The van der Waals surface area contributed by atoms with Crippen molar-refractivity contribution in [3.8, 4) is 0 Å². The van der Waals surface area contributed by atoms with Crippen LogP contribution in [0.25, 0.3) is 0 Å². The van der Waals surface area contributed by atoms with E-state index in [9.17, 15) is 13.6 Å². The Morgan fingerprint density at radius 2 is 1.90 bits per heavy atom. The van der Waals surface area contributed by atoms with E-state index < -0.39 is 11.6 Å². The van der Waals surface area contributed by atoms with Crippen LogP contribution >= 0.6 is 22.9 Å². The standard InChI is InChI=1S/C15H14ClF2NOS/c1-19(9-13-2-3-15(16)21-13)5-4-14(20)10-6-11(17)8-12(18)7-10/h2-3,6-8H,4-5,9H2,1H3. The summed E-state index contributed by atoms with van der Waals surface area (Å²) < 4.78 is 26.9. The molecular weight excluding hydrogens is 316 g/mol. The maximum absolute atomic E-state index is 13.1. The van der Waals surface area contributed by atoms with Gasteiger partial charge in [0.05, 0.1) is 4.34 Å². The van der Waals surface area contributed by atoms with Crippen molar-refractivity contribution in [2.24, 2.45) is 0 Å². The highest BCUT2D eigenvalue weighted by molar-refractivity contribution is 7.16. The molecule has 2 rings (SSSR count). The van der Waals surface area contributed by atoms with Crippen LogP contribution in [-0.4, -0.2) is 24.3 Å². The second-order valence-electron chi connectivity index (χ2n) is 4.77. The zero-order valence-electron chi connectivity index (χ0n) is 11.4. The number of thiophene rings is 1. The smallest absolute Gasteiger partial charge is 0.164 e. The van der Waals surface area contributed by atoms with E-state index in [4.69, 9.17) is 11.6 Å². The van der Waals surface area contributed by atoms with Crippen molar-refractivity contribution in [2.45, 2.75) is 13.0 Å². The van der Waals surface area contributed by atoms with E-state index in [0.717, 1.165) is 27.4 Å². The van der Waals surface area contributed by atoms with Crippen molar-refractivity contribution in [3.05, 3.63) is 56.7 Å². The summed E-state index contributed by atoms with van der Waals surface area (Å²) in [7, 11) is 1.88. The third-order valence-electron chi connectivity index (χ3n) is 2.96. The minimum atomic E-state index is -0.736. The van der Waals surface area contributed by atoms with E-state index >= 15 is 0 Å². The van der Waals surface area contributed by atoms with Gasteiger partial charge in [-0.2, -0.15) is 0 Å². The van der Waals surface area contributed by atoms with E-state index in [0.29, 0.717) is 13.1 Å². The van der Waals surface area contributed by atoms with Crippen LogP contribution in [0.15, 0.2) is 30.3 Å². The van der Waals surface area contributed by atoms with Crippen molar-refractivity contribution in [2.75, 3.05) is 13.6 Å². The Bertz CT molecular complexity index is 624. The SMILES string of the molecule is CN(CCC(=O)c1cc(F)cc(F)c1)Cc1ccc(Cl)s1. The van der Waals surface area contributed by atoms with Gasteiger partial charge in [-0.15, -0.1) is 11.3 Å². The van der Waals surface area contributed by atoms with E-state index in [1.165, 1.54) is 11.3 Å². The van der Waals surface area contributed by atoms with Crippen molar-refractivity contribution in [1.82, 2.24) is 4.90 Å². The monoisotopic (exact) mass is 329 g/mol. The zero-order valence-corrected chi connectivity index (χ0v) is 13.0. The molecule has 0 aliphatic heterocycles. The minimum Gasteiger partial charge on any atom is -0.301 e. The summed E-state index contributed by atoms with van der Waals surface area (Å²) in [5.41, 5.74) is 0.0695. The number of carbonyl (C=O) groups excluding carboxylic acids is 1. The molecule has 6 heteroatoms. The van der Waals surface area contributed by atoms with Gasteiger partial charge in [0.25, 0.3) is 0 Å². The first-order valence-corrected chi connectivity index (χ1v) is 7.55. The number of hydrogen-bond acceptors (Lipinski definition) is 3. The fourth-order valence-corrected chi connectivity index (χ4v) is 3.10. The van der Waals surface area contributed by atoms with E-state index in [1.807, 2.05) is 24.1 Å². The number of rotatable bonds is 6. The zero-order chi connectivity index (χ0) is 15.4. The lowest BCUT2D eigenvalue weighted by molar-refractivity contribution is 0.0967. The van der Waals surface area contributed by atoms with Gasteiger partial charge in [0.15, 0.2) is 5.78 Å². The number of carbonyl (C=O) groups is 1. The molecule has 0 saturated heterocycles. The van der Waals surface area contributed by atoms with Gasteiger partial charge < -0.3 is 4.90 Å². The quantitative estimate of drug-likeness (QED) is 0.733. The molecule has 0 spiro atoms. The van der Waals surface area contributed by atoms with Gasteiger partial charge in [-0.1, -0.05) is 11.6 Å². The topological polar surface area (TPSA) is 20.3 Å². The number of nitrogens with zero attached hydrogens (tertiary/aromatic N) is 1. The second-order valence-corrected chi connectivity index (χ2v) is 6.57. The number of hydrogen-bond donors (Lipinski definition) is 0. The van der Waals surface area contributed by atoms with Crippen molar-refractivity contribution in [1.29, 1.82) is 0 Å². The molecule has 21 heavy (non-hydrogen) atoms. The lowest BCUT2D eigenvalue weighted by atomic mass is 10.1. The van der Waals surface area contributed by atoms with Crippen LogP contribution in [-0.2, 0) is 6.54 Å². The van der Waals surface area contributed by atoms with Crippen molar-refractivity contribution >= 4 is 28.7 Å². The average molecular weight is 330 g/mol. The molecule has 0 aliphatic carbocycles. The van der Waals surface area contributed by atoms with Gasteiger partial charge in [0, 0.05) is 36.0 Å². The Kier molecular flexibility index (Phi) is 5.45. The Balaban J connectivity index is 1.88. The number of Topliss-reactive ketones (excluding diaryl/α,β-unsaturated/α-hetero) is 1. The van der Waals surface area contributed by atoms with Gasteiger partial charge in [0.1, 0.15) is 11.6 Å². The fraction of sp³-hybridized carbons (Fsp3) is 0.267. The molecule has 0 aliphatic rings. The molecule has 0 unspecified atom stereocenters. The summed E-state index contributed by atoms with van der Waals surface area (Å²) >= 11 is 7.35. The molecule has 0 radical (unpaired) electrons. The maximum Gasteiger partial charge on any atom is 0.164 e. The number of halogens is 3. The van der Waals surface area contributed by atoms with Gasteiger partial charge in [0.2, 0.25) is 0 Å². The molecule has 0 N–H and O–H groups in total. The fourth-order valence-electron chi connectivity index (χ4n) is 1.93.